The standard InChI is InChI=1S/C17H27N7/c1-12-15(13(2)24(6)22-12)11-20-17(18-3)19-10-14-8-7-9-16(21-14)23(4)5/h7-9H,10-11H2,1-6H3,(H2,18,19,20). The van der Waals surface area contributed by atoms with Crippen LogP contribution in [0.2, 0.25) is 0 Å². The third-order valence-electron chi connectivity index (χ3n) is 4.00. The van der Waals surface area contributed by atoms with Crippen LogP contribution in [0.5, 0.6) is 0 Å². The highest BCUT2D eigenvalue weighted by atomic mass is 15.3. The predicted octanol–water partition coefficient (Wildman–Crippen LogP) is 1.36. The zero-order valence-electron chi connectivity index (χ0n) is 15.4. The minimum Gasteiger partial charge on any atom is -0.363 e. The number of pyridine rings is 1. The molecule has 2 N–H and O–H groups in total. The van der Waals surface area contributed by atoms with Crippen LogP contribution in [0.25, 0.3) is 0 Å². The van der Waals surface area contributed by atoms with E-state index in [2.05, 4.69) is 32.6 Å². The molecule has 0 aliphatic rings. The minimum absolute atomic E-state index is 0.617. The summed E-state index contributed by atoms with van der Waals surface area (Å²) in [5, 5.41) is 11.1. The summed E-state index contributed by atoms with van der Waals surface area (Å²) in [5.74, 6) is 1.69. The van der Waals surface area contributed by atoms with Crippen molar-refractivity contribution in [1.29, 1.82) is 0 Å². The van der Waals surface area contributed by atoms with Crippen LogP contribution in [-0.2, 0) is 20.1 Å². The van der Waals surface area contributed by atoms with E-state index < -0.39 is 0 Å². The Morgan fingerprint density at radius 2 is 1.92 bits per heavy atom. The quantitative estimate of drug-likeness (QED) is 0.640. The summed E-state index contributed by atoms with van der Waals surface area (Å²) in [5.41, 5.74) is 4.38. The molecule has 0 aliphatic carbocycles. The van der Waals surface area contributed by atoms with Gasteiger partial charge in [-0.2, -0.15) is 5.10 Å². The number of anilines is 1. The number of rotatable bonds is 5. The largest absolute Gasteiger partial charge is 0.363 e. The van der Waals surface area contributed by atoms with E-state index in [0.29, 0.717) is 13.1 Å². The fraction of sp³-hybridized carbons (Fsp3) is 0.471. The first-order valence-corrected chi connectivity index (χ1v) is 7.99. The highest BCUT2D eigenvalue weighted by Crippen LogP contribution is 2.11. The Morgan fingerprint density at radius 3 is 2.50 bits per heavy atom. The van der Waals surface area contributed by atoms with E-state index in [-0.39, 0.29) is 0 Å². The van der Waals surface area contributed by atoms with Crippen molar-refractivity contribution in [3.8, 4) is 0 Å². The molecule has 0 amide bonds. The Bertz CT molecular complexity index is 716. The first-order valence-electron chi connectivity index (χ1n) is 7.99. The number of guanidine groups is 1. The molecule has 130 valence electrons. The lowest BCUT2D eigenvalue weighted by Gasteiger charge is -2.14. The smallest absolute Gasteiger partial charge is 0.191 e. The fourth-order valence-electron chi connectivity index (χ4n) is 2.45. The summed E-state index contributed by atoms with van der Waals surface area (Å²) in [4.78, 5) is 10.9. The van der Waals surface area contributed by atoms with E-state index in [4.69, 9.17) is 0 Å². The first-order chi connectivity index (χ1) is 11.4. The van der Waals surface area contributed by atoms with Gasteiger partial charge in [-0.25, -0.2) is 4.98 Å². The molecule has 2 heterocycles. The molecule has 0 saturated heterocycles. The van der Waals surface area contributed by atoms with Crippen LogP contribution in [0, 0.1) is 13.8 Å². The number of nitrogens with zero attached hydrogens (tertiary/aromatic N) is 5. The van der Waals surface area contributed by atoms with Gasteiger partial charge in [0.25, 0.3) is 0 Å². The highest BCUT2D eigenvalue weighted by molar-refractivity contribution is 5.79. The Morgan fingerprint density at radius 1 is 1.21 bits per heavy atom. The van der Waals surface area contributed by atoms with E-state index in [1.807, 2.05) is 55.8 Å². The summed E-state index contributed by atoms with van der Waals surface area (Å²) in [6.45, 7) is 5.41. The van der Waals surface area contributed by atoms with Crippen molar-refractivity contribution in [2.45, 2.75) is 26.9 Å². The first kappa shape index (κ1) is 17.8. The monoisotopic (exact) mass is 329 g/mol. The van der Waals surface area contributed by atoms with Crippen molar-refractivity contribution in [1.82, 2.24) is 25.4 Å². The maximum Gasteiger partial charge on any atom is 0.191 e. The minimum atomic E-state index is 0.617. The zero-order valence-corrected chi connectivity index (χ0v) is 15.4. The molecule has 0 aromatic carbocycles. The summed E-state index contributed by atoms with van der Waals surface area (Å²) >= 11 is 0. The second-order valence-electron chi connectivity index (χ2n) is 5.93. The van der Waals surface area contributed by atoms with Crippen LogP contribution in [0.4, 0.5) is 5.82 Å². The maximum atomic E-state index is 4.60. The third kappa shape index (κ3) is 4.24. The second kappa shape index (κ2) is 7.81. The van der Waals surface area contributed by atoms with E-state index >= 15 is 0 Å². The van der Waals surface area contributed by atoms with Crippen LogP contribution in [0.15, 0.2) is 23.2 Å². The molecule has 0 aliphatic heterocycles. The van der Waals surface area contributed by atoms with Crippen molar-refractivity contribution in [3.05, 3.63) is 40.8 Å². The number of nitrogens with one attached hydrogen (secondary N) is 2. The molecule has 0 atom stereocenters. The summed E-state index contributed by atoms with van der Waals surface area (Å²) in [6, 6.07) is 6.01. The molecule has 0 bridgehead atoms. The molecule has 7 heteroatoms. The number of aryl methyl sites for hydroxylation is 2. The Balaban J connectivity index is 1.94. The molecule has 0 fully saturated rings. The SMILES string of the molecule is CN=C(NCc1cccc(N(C)C)n1)NCc1c(C)nn(C)c1C. The molecule has 0 saturated carbocycles. The number of aromatic nitrogens is 3. The Kier molecular flexibility index (Phi) is 5.78. The van der Waals surface area contributed by atoms with Crippen LogP contribution >= 0.6 is 0 Å². The fourth-order valence-corrected chi connectivity index (χ4v) is 2.45. The van der Waals surface area contributed by atoms with Crippen molar-refractivity contribution in [3.63, 3.8) is 0 Å². The lowest BCUT2D eigenvalue weighted by Crippen LogP contribution is -2.36. The molecule has 0 radical (unpaired) electrons. The molecule has 2 aromatic rings. The molecular weight excluding hydrogens is 302 g/mol. The van der Waals surface area contributed by atoms with Crippen molar-refractivity contribution >= 4 is 11.8 Å². The molecule has 24 heavy (non-hydrogen) atoms. The molecule has 2 aromatic heterocycles. The van der Waals surface area contributed by atoms with Gasteiger partial charge in [0.05, 0.1) is 17.9 Å². The third-order valence-corrected chi connectivity index (χ3v) is 4.00. The number of hydrogen-bond acceptors (Lipinski definition) is 4. The van der Waals surface area contributed by atoms with Crippen LogP contribution in [0.1, 0.15) is 22.6 Å². The van der Waals surface area contributed by atoms with Crippen LogP contribution in [-0.4, -0.2) is 41.9 Å². The number of hydrogen-bond donors (Lipinski definition) is 2. The lowest BCUT2D eigenvalue weighted by atomic mass is 10.2. The van der Waals surface area contributed by atoms with Gasteiger partial charge in [0.15, 0.2) is 5.96 Å². The average molecular weight is 329 g/mol. The van der Waals surface area contributed by atoms with Crippen molar-refractivity contribution in [2.75, 3.05) is 26.0 Å². The second-order valence-corrected chi connectivity index (χ2v) is 5.93. The zero-order chi connectivity index (χ0) is 17.7. The summed E-state index contributed by atoms with van der Waals surface area (Å²) < 4.78 is 1.90. The van der Waals surface area contributed by atoms with Gasteiger partial charge in [-0.15, -0.1) is 0 Å². The molecule has 0 spiro atoms. The van der Waals surface area contributed by atoms with E-state index in [9.17, 15) is 0 Å². The van der Waals surface area contributed by atoms with Gasteiger partial charge < -0.3 is 15.5 Å². The summed E-state index contributed by atoms with van der Waals surface area (Å²) in [7, 11) is 7.70. The molecule has 0 unspecified atom stereocenters. The van der Waals surface area contributed by atoms with E-state index in [1.165, 1.54) is 5.56 Å². The van der Waals surface area contributed by atoms with Crippen LogP contribution < -0.4 is 15.5 Å². The predicted molar refractivity (Wildman–Crippen MR) is 98.3 cm³/mol. The van der Waals surface area contributed by atoms with Gasteiger partial charge in [0.1, 0.15) is 5.82 Å². The summed E-state index contributed by atoms with van der Waals surface area (Å²) in [6.07, 6.45) is 0. The van der Waals surface area contributed by atoms with Gasteiger partial charge in [-0.1, -0.05) is 6.07 Å². The van der Waals surface area contributed by atoms with E-state index in [1.54, 1.807) is 7.05 Å². The molecule has 2 rings (SSSR count). The topological polar surface area (TPSA) is 70.4 Å². The van der Waals surface area contributed by atoms with Crippen molar-refractivity contribution < 1.29 is 0 Å². The van der Waals surface area contributed by atoms with Gasteiger partial charge in [0.2, 0.25) is 0 Å². The van der Waals surface area contributed by atoms with E-state index in [0.717, 1.165) is 28.9 Å². The maximum absolute atomic E-state index is 4.60. The Labute approximate surface area is 143 Å². The van der Waals surface area contributed by atoms with Gasteiger partial charge in [-0.05, 0) is 26.0 Å². The van der Waals surface area contributed by atoms with Gasteiger partial charge >= 0.3 is 0 Å². The highest BCUT2D eigenvalue weighted by Gasteiger charge is 2.10. The Hall–Kier alpha value is -2.57. The van der Waals surface area contributed by atoms with Gasteiger partial charge in [-0.3, -0.25) is 9.67 Å². The van der Waals surface area contributed by atoms with Crippen LogP contribution in [0.3, 0.4) is 0 Å². The normalized spacial score (nSPS) is 11.5. The number of aliphatic imine (C=N–C) groups is 1. The molecule has 7 nitrogen and oxygen atoms in total. The van der Waals surface area contributed by atoms with Gasteiger partial charge in [0, 0.05) is 46.0 Å². The lowest BCUT2D eigenvalue weighted by molar-refractivity contribution is 0.728. The average Bonchev–Trinajstić information content (AvgIpc) is 2.81. The molecular formula is C17H27N7. The van der Waals surface area contributed by atoms with Crippen molar-refractivity contribution in [2.24, 2.45) is 12.0 Å².